The zero-order valence-electron chi connectivity index (χ0n) is 7.18. The van der Waals surface area contributed by atoms with Gasteiger partial charge >= 0.3 is 0 Å². The molecular formula is C10H17N. The third-order valence-corrected chi connectivity index (χ3v) is 2.10. The fourth-order valence-corrected chi connectivity index (χ4v) is 1.41. The van der Waals surface area contributed by atoms with Gasteiger partial charge in [-0.1, -0.05) is 12.5 Å². The van der Waals surface area contributed by atoms with Crippen molar-refractivity contribution in [2.45, 2.75) is 38.5 Å². The van der Waals surface area contributed by atoms with Crippen molar-refractivity contribution < 1.29 is 0 Å². The van der Waals surface area contributed by atoms with Gasteiger partial charge in [-0.25, -0.2) is 0 Å². The van der Waals surface area contributed by atoms with Crippen molar-refractivity contribution in [3.63, 3.8) is 0 Å². The third kappa shape index (κ3) is 3.35. The van der Waals surface area contributed by atoms with Crippen molar-refractivity contribution >= 4 is 5.71 Å². The SMILES string of the molecule is C=CCCC1=NCCCCC1. The summed E-state index contributed by atoms with van der Waals surface area (Å²) in [5.74, 6) is 0. The smallest absolute Gasteiger partial charge is 0.0388 e. The Labute approximate surface area is 69.2 Å². The van der Waals surface area contributed by atoms with Crippen LogP contribution in [0.2, 0.25) is 0 Å². The second-order valence-electron chi connectivity index (χ2n) is 3.09. The lowest BCUT2D eigenvalue weighted by atomic mass is 10.1. The van der Waals surface area contributed by atoms with Crippen LogP contribution in [0.15, 0.2) is 17.6 Å². The minimum atomic E-state index is 1.06. The standard InChI is InChI=1S/C10H17N/c1-2-3-7-10-8-5-4-6-9-11-10/h2H,1,3-9H2. The van der Waals surface area contributed by atoms with E-state index in [0.717, 1.165) is 19.4 Å². The molecule has 1 aliphatic rings. The maximum atomic E-state index is 4.53. The summed E-state index contributed by atoms with van der Waals surface area (Å²) in [6, 6.07) is 0. The van der Waals surface area contributed by atoms with Gasteiger partial charge in [0, 0.05) is 12.3 Å². The third-order valence-electron chi connectivity index (χ3n) is 2.10. The Balaban J connectivity index is 2.28. The number of nitrogens with zero attached hydrogens (tertiary/aromatic N) is 1. The molecule has 1 heteroatoms. The van der Waals surface area contributed by atoms with E-state index in [2.05, 4.69) is 11.6 Å². The molecule has 0 unspecified atom stereocenters. The predicted molar refractivity (Wildman–Crippen MR) is 50.2 cm³/mol. The van der Waals surface area contributed by atoms with Gasteiger partial charge in [-0.15, -0.1) is 6.58 Å². The van der Waals surface area contributed by atoms with Crippen LogP contribution < -0.4 is 0 Å². The van der Waals surface area contributed by atoms with E-state index in [1.54, 1.807) is 0 Å². The van der Waals surface area contributed by atoms with Crippen LogP contribution in [0.1, 0.15) is 38.5 Å². The summed E-state index contributed by atoms with van der Waals surface area (Å²) in [6.45, 7) is 4.78. The molecule has 0 aromatic heterocycles. The van der Waals surface area contributed by atoms with E-state index in [0.29, 0.717) is 0 Å². The van der Waals surface area contributed by atoms with Crippen molar-refractivity contribution in [2.24, 2.45) is 4.99 Å². The van der Waals surface area contributed by atoms with Crippen LogP contribution in [-0.2, 0) is 0 Å². The molecule has 1 heterocycles. The molecule has 0 radical (unpaired) electrons. The van der Waals surface area contributed by atoms with E-state index in [9.17, 15) is 0 Å². The number of allylic oxidation sites excluding steroid dienone is 1. The number of hydrogen-bond donors (Lipinski definition) is 0. The zero-order chi connectivity index (χ0) is 7.94. The minimum absolute atomic E-state index is 1.06. The van der Waals surface area contributed by atoms with Crippen LogP contribution in [0.4, 0.5) is 0 Å². The van der Waals surface area contributed by atoms with Crippen molar-refractivity contribution in [2.75, 3.05) is 6.54 Å². The highest BCUT2D eigenvalue weighted by Gasteiger charge is 2.02. The Hall–Kier alpha value is -0.590. The molecule has 11 heavy (non-hydrogen) atoms. The monoisotopic (exact) mass is 151 g/mol. The van der Waals surface area contributed by atoms with Gasteiger partial charge in [-0.05, 0) is 32.1 Å². The Morgan fingerprint density at radius 3 is 3.09 bits per heavy atom. The average Bonchev–Trinajstić information content (AvgIpc) is 2.28. The lowest BCUT2D eigenvalue weighted by molar-refractivity contribution is 0.730. The molecule has 0 aromatic rings. The van der Waals surface area contributed by atoms with Gasteiger partial charge in [-0.2, -0.15) is 0 Å². The Morgan fingerprint density at radius 2 is 2.27 bits per heavy atom. The molecule has 0 aromatic carbocycles. The molecule has 62 valence electrons. The molecule has 0 N–H and O–H groups in total. The Bertz CT molecular complexity index is 147. The van der Waals surface area contributed by atoms with Gasteiger partial charge < -0.3 is 0 Å². The highest BCUT2D eigenvalue weighted by atomic mass is 14.7. The molecule has 0 saturated carbocycles. The van der Waals surface area contributed by atoms with Crippen molar-refractivity contribution in [1.29, 1.82) is 0 Å². The van der Waals surface area contributed by atoms with Crippen LogP contribution in [-0.4, -0.2) is 12.3 Å². The largest absolute Gasteiger partial charge is 0.294 e. The van der Waals surface area contributed by atoms with Crippen molar-refractivity contribution in [3.8, 4) is 0 Å². The van der Waals surface area contributed by atoms with Crippen LogP contribution in [0.25, 0.3) is 0 Å². The summed E-state index contributed by atoms with van der Waals surface area (Å²) in [4.78, 5) is 4.53. The maximum absolute atomic E-state index is 4.53. The lowest BCUT2D eigenvalue weighted by Gasteiger charge is -1.99. The van der Waals surface area contributed by atoms with Gasteiger partial charge in [0.2, 0.25) is 0 Å². The number of aliphatic imine (C=N–C) groups is 1. The summed E-state index contributed by atoms with van der Waals surface area (Å²) >= 11 is 0. The first-order valence-electron chi connectivity index (χ1n) is 4.56. The molecule has 0 saturated heterocycles. The van der Waals surface area contributed by atoms with Gasteiger partial charge in [0.1, 0.15) is 0 Å². The summed E-state index contributed by atoms with van der Waals surface area (Å²) in [5.41, 5.74) is 1.42. The number of hydrogen-bond acceptors (Lipinski definition) is 1. The molecule has 0 atom stereocenters. The summed E-state index contributed by atoms with van der Waals surface area (Å²) < 4.78 is 0. The van der Waals surface area contributed by atoms with Crippen molar-refractivity contribution in [1.82, 2.24) is 0 Å². The lowest BCUT2D eigenvalue weighted by Crippen LogP contribution is -1.96. The molecule has 0 bridgehead atoms. The van der Waals surface area contributed by atoms with E-state index in [4.69, 9.17) is 0 Å². The zero-order valence-corrected chi connectivity index (χ0v) is 7.18. The molecule has 0 fully saturated rings. The molecule has 0 amide bonds. The topological polar surface area (TPSA) is 12.4 Å². The van der Waals surface area contributed by atoms with E-state index >= 15 is 0 Å². The predicted octanol–water partition coefficient (Wildman–Crippen LogP) is 2.97. The van der Waals surface area contributed by atoms with Gasteiger partial charge in [0.15, 0.2) is 0 Å². The first-order chi connectivity index (χ1) is 5.43. The maximum Gasteiger partial charge on any atom is 0.0388 e. The Kier molecular flexibility index (Phi) is 3.95. The van der Waals surface area contributed by atoms with E-state index in [1.807, 2.05) is 6.08 Å². The van der Waals surface area contributed by atoms with Crippen LogP contribution in [0, 0.1) is 0 Å². The Morgan fingerprint density at radius 1 is 1.36 bits per heavy atom. The van der Waals surface area contributed by atoms with Gasteiger partial charge in [0.25, 0.3) is 0 Å². The van der Waals surface area contributed by atoms with Crippen LogP contribution in [0.3, 0.4) is 0 Å². The number of rotatable bonds is 3. The van der Waals surface area contributed by atoms with E-state index in [1.165, 1.54) is 31.4 Å². The van der Waals surface area contributed by atoms with Crippen LogP contribution in [0.5, 0.6) is 0 Å². The second kappa shape index (κ2) is 5.11. The average molecular weight is 151 g/mol. The summed E-state index contributed by atoms with van der Waals surface area (Å²) in [7, 11) is 0. The first-order valence-corrected chi connectivity index (χ1v) is 4.56. The highest BCUT2D eigenvalue weighted by molar-refractivity contribution is 5.84. The van der Waals surface area contributed by atoms with Gasteiger partial charge in [0.05, 0.1) is 0 Å². The van der Waals surface area contributed by atoms with E-state index in [-0.39, 0.29) is 0 Å². The molecular weight excluding hydrogens is 134 g/mol. The molecule has 0 aliphatic carbocycles. The molecule has 1 rings (SSSR count). The fourth-order valence-electron chi connectivity index (χ4n) is 1.41. The second-order valence-corrected chi connectivity index (χ2v) is 3.09. The molecule has 1 nitrogen and oxygen atoms in total. The summed E-state index contributed by atoms with van der Waals surface area (Å²) in [5, 5.41) is 0. The van der Waals surface area contributed by atoms with Gasteiger partial charge in [-0.3, -0.25) is 4.99 Å². The van der Waals surface area contributed by atoms with Crippen molar-refractivity contribution in [3.05, 3.63) is 12.7 Å². The minimum Gasteiger partial charge on any atom is -0.294 e. The summed E-state index contributed by atoms with van der Waals surface area (Å²) in [6.07, 6.45) is 9.44. The van der Waals surface area contributed by atoms with E-state index < -0.39 is 0 Å². The molecule has 0 spiro atoms. The first kappa shape index (κ1) is 8.51. The molecule has 1 aliphatic heterocycles. The normalized spacial score (nSPS) is 18.7. The van der Waals surface area contributed by atoms with Crippen LogP contribution >= 0.6 is 0 Å². The quantitative estimate of drug-likeness (QED) is 0.550. The highest BCUT2D eigenvalue weighted by Crippen LogP contribution is 2.10. The fraction of sp³-hybridized carbons (Fsp3) is 0.700.